The summed E-state index contributed by atoms with van der Waals surface area (Å²) in [5, 5.41) is 25.3. The molecular weight excluding hydrogens is 334 g/mol. The molecule has 2 aromatic carbocycles. The van der Waals surface area contributed by atoms with Crippen LogP contribution in [0.25, 0.3) is 33.9 Å². The Morgan fingerprint density at radius 3 is 2.38 bits per heavy atom. The highest BCUT2D eigenvalue weighted by molar-refractivity contribution is 5.80. The molecule has 0 aliphatic carbocycles. The number of hydrogen-bond donors (Lipinski definition) is 2. The Labute approximate surface area is 147 Å². The number of hydrogen-bond acceptors (Lipinski definition) is 7. The standard InChI is InChI=1S/C17H13N7O2/c1-9-6-12(7-13-16(9)26-8-25-13)15-14(18-22-19-15)10-2-4-11(5-3-10)17-20-23-24-21-17/h2-7H,8H2,1H3,(H,18,19,22)(H,20,21,23,24). The Hall–Kier alpha value is -3.75. The lowest BCUT2D eigenvalue weighted by Crippen LogP contribution is -1.93. The molecule has 0 bridgehead atoms. The van der Waals surface area contributed by atoms with Gasteiger partial charge in [0.25, 0.3) is 0 Å². The molecule has 0 spiro atoms. The lowest BCUT2D eigenvalue weighted by atomic mass is 10.0. The number of H-pyrrole nitrogens is 2. The summed E-state index contributed by atoms with van der Waals surface area (Å²) in [6.45, 7) is 2.22. The molecule has 3 heterocycles. The largest absolute Gasteiger partial charge is 0.454 e. The number of nitrogens with zero attached hydrogens (tertiary/aromatic N) is 5. The molecule has 1 aliphatic rings. The molecule has 2 aromatic heterocycles. The van der Waals surface area contributed by atoms with E-state index >= 15 is 0 Å². The van der Waals surface area contributed by atoms with Crippen LogP contribution in [0.4, 0.5) is 0 Å². The Morgan fingerprint density at radius 1 is 0.846 bits per heavy atom. The summed E-state index contributed by atoms with van der Waals surface area (Å²) in [4.78, 5) is 0. The summed E-state index contributed by atoms with van der Waals surface area (Å²) in [6, 6.07) is 11.7. The van der Waals surface area contributed by atoms with Crippen molar-refractivity contribution in [2.45, 2.75) is 6.92 Å². The number of benzene rings is 2. The third-order valence-electron chi connectivity index (χ3n) is 4.24. The van der Waals surface area contributed by atoms with E-state index in [0.717, 1.165) is 45.1 Å². The molecule has 0 amide bonds. The number of ether oxygens (including phenoxy) is 2. The van der Waals surface area contributed by atoms with E-state index in [1.54, 1.807) is 0 Å². The maximum atomic E-state index is 5.52. The van der Waals surface area contributed by atoms with Crippen LogP contribution in [-0.4, -0.2) is 42.8 Å². The first kappa shape index (κ1) is 14.6. The van der Waals surface area contributed by atoms with Gasteiger partial charge in [-0.3, -0.25) is 0 Å². The van der Waals surface area contributed by atoms with E-state index < -0.39 is 0 Å². The van der Waals surface area contributed by atoms with Crippen LogP contribution < -0.4 is 9.47 Å². The lowest BCUT2D eigenvalue weighted by molar-refractivity contribution is 0.173. The molecule has 0 fully saturated rings. The van der Waals surface area contributed by atoms with E-state index in [-0.39, 0.29) is 6.79 Å². The minimum Gasteiger partial charge on any atom is -0.454 e. The highest BCUT2D eigenvalue weighted by Crippen LogP contribution is 2.40. The zero-order valence-electron chi connectivity index (χ0n) is 13.7. The van der Waals surface area contributed by atoms with Crippen LogP contribution in [0.2, 0.25) is 0 Å². The van der Waals surface area contributed by atoms with Crippen molar-refractivity contribution in [3.8, 4) is 45.4 Å². The number of fused-ring (bicyclic) bond motifs is 1. The molecule has 0 saturated carbocycles. The number of tetrazole rings is 1. The molecule has 0 atom stereocenters. The van der Waals surface area contributed by atoms with E-state index in [1.807, 2.05) is 43.3 Å². The van der Waals surface area contributed by atoms with Gasteiger partial charge in [-0.05, 0) is 29.8 Å². The fraction of sp³-hybridized carbons (Fsp3) is 0.118. The summed E-state index contributed by atoms with van der Waals surface area (Å²) < 4.78 is 11.0. The first-order valence-corrected chi connectivity index (χ1v) is 7.95. The Morgan fingerprint density at radius 2 is 1.62 bits per heavy atom. The second-order valence-electron chi connectivity index (χ2n) is 5.86. The topological polar surface area (TPSA) is 114 Å². The van der Waals surface area contributed by atoms with Gasteiger partial charge in [0.1, 0.15) is 11.4 Å². The molecule has 128 valence electrons. The molecule has 0 radical (unpaired) electrons. The molecule has 2 N–H and O–H groups in total. The predicted molar refractivity (Wildman–Crippen MR) is 91.3 cm³/mol. The number of nitrogens with one attached hydrogen (secondary N) is 2. The molecule has 26 heavy (non-hydrogen) atoms. The molecule has 0 saturated heterocycles. The van der Waals surface area contributed by atoms with Gasteiger partial charge in [0.05, 0.1) is 0 Å². The SMILES string of the molecule is Cc1cc(-c2n[nH]nc2-c2ccc(-c3nn[nH]n3)cc2)cc2c1OCO2. The van der Waals surface area contributed by atoms with Crippen molar-refractivity contribution in [3.63, 3.8) is 0 Å². The zero-order valence-corrected chi connectivity index (χ0v) is 13.7. The maximum Gasteiger partial charge on any atom is 0.231 e. The average molecular weight is 347 g/mol. The van der Waals surface area contributed by atoms with E-state index in [0.29, 0.717) is 5.82 Å². The number of aromatic amines is 2. The third-order valence-corrected chi connectivity index (χ3v) is 4.24. The van der Waals surface area contributed by atoms with Gasteiger partial charge in [0, 0.05) is 16.7 Å². The van der Waals surface area contributed by atoms with Crippen molar-refractivity contribution in [2.75, 3.05) is 6.79 Å². The summed E-state index contributed by atoms with van der Waals surface area (Å²) in [7, 11) is 0. The number of aryl methyl sites for hydroxylation is 1. The second-order valence-corrected chi connectivity index (χ2v) is 5.86. The molecule has 1 aliphatic heterocycles. The molecule has 4 aromatic rings. The van der Waals surface area contributed by atoms with Gasteiger partial charge in [-0.25, -0.2) is 0 Å². The summed E-state index contributed by atoms with van der Waals surface area (Å²) in [6.07, 6.45) is 0. The van der Waals surface area contributed by atoms with Crippen molar-refractivity contribution < 1.29 is 9.47 Å². The first-order chi connectivity index (χ1) is 12.8. The average Bonchev–Trinajstić information content (AvgIpc) is 3.41. The van der Waals surface area contributed by atoms with E-state index in [4.69, 9.17) is 9.47 Å². The van der Waals surface area contributed by atoms with Gasteiger partial charge in [-0.15, -0.1) is 10.2 Å². The predicted octanol–water partition coefficient (Wildman–Crippen LogP) is 2.36. The van der Waals surface area contributed by atoms with Crippen molar-refractivity contribution in [2.24, 2.45) is 0 Å². The highest BCUT2D eigenvalue weighted by Gasteiger charge is 2.20. The van der Waals surface area contributed by atoms with Crippen LogP contribution >= 0.6 is 0 Å². The summed E-state index contributed by atoms with van der Waals surface area (Å²) in [5.41, 5.74) is 5.21. The first-order valence-electron chi connectivity index (χ1n) is 7.95. The summed E-state index contributed by atoms with van der Waals surface area (Å²) in [5.74, 6) is 2.05. The third kappa shape index (κ3) is 2.29. The van der Waals surface area contributed by atoms with Crippen molar-refractivity contribution >= 4 is 0 Å². The van der Waals surface area contributed by atoms with Crippen LogP contribution in [0.5, 0.6) is 11.5 Å². The number of rotatable bonds is 3. The normalized spacial score (nSPS) is 12.5. The Bertz CT molecular complexity index is 1070. The van der Waals surface area contributed by atoms with Gasteiger partial charge < -0.3 is 9.47 Å². The quantitative estimate of drug-likeness (QED) is 0.584. The zero-order chi connectivity index (χ0) is 17.5. The van der Waals surface area contributed by atoms with Crippen LogP contribution in [-0.2, 0) is 0 Å². The monoisotopic (exact) mass is 347 g/mol. The molecule has 0 unspecified atom stereocenters. The smallest absolute Gasteiger partial charge is 0.231 e. The summed E-state index contributed by atoms with van der Waals surface area (Å²) >= 11 is 0. The van der Waals surface area contributed by atoms with Gasteiger partial charge in [0.2, 0.25) is 12.6 Å². The van der Waals surface area contributed by atoms with Gasteiger partial charge >= 0.3 is 0 Å². The second kappa shape index (κ2) is 5.66. The molecule has 5 rings (SSSR count). The highest BCUT2D eigenvalue weighted by atomic mass is 16.7. The van der Waals surface area contributed by atoms with Crippen molar-refractivity contribution in [1.82, 2.24) is 36.0 Å². The fourth-order valence-electron chi connectivity index (χ4n) is 3.02. The van der Waals surface area contributed by atoms with Crippen molar-refractivity contribution in [3.05, 3.63) is 42.0 Å². The van der Waals surface area contributed by atoms with E-state index in [1.165, 1.54) is 0 Å². The van der Waals surface area contributed by atoms with Gasteiger partial charge in [-0.2, -0.15) is 20.6 Å². The van der Waals surface area contributed by atoms with E-state index in [9.17, 15) is 0 Å². The van der Waals surface area contributed by atoms with E-state index in [2.05, 4.69) is 36.0 Å². The van der Waals surface area contributed by atoms with Crippen molar-refractivity contribution in [1.29, 1.82) is 0 Å². The van der Waals surface area contributed by atoms with Crippen LogP contribution in [0.15, 0.2) is 36.4 Å². The minimum atomic E-state index is 0.239. The maximum absolute atomic E-state index is 5.52. The Balaban J connectivity index is 1.55. The Kier molecular flexibility index (Phi) is 3.17. The van der Waals surface area contributed by atoms with Crippen LogP contribution in [0.1, 0.15) is 5.56 Å². The van der Waals surface area contributed by atoms with Gasteiger partial charge in [0.15, 0.2) is 11.5 Å². The molecular formula is C17H13N7O2. The van der Waals surface area contributed by atoms with Crippen LogP contribution in [0, 0.1) is 6.92 Å². The van der Waals surface area contributed by atoms with Gasteiger partial charge in [-0.1, -0.05) is 24.3 Å². The fourth-order valence-corrected chi connectivity index (χ4v) is 3.02. The minimum absolute atomic E-state index is 0.239. The molecule has 9 heteroatoms. The molecule has 9 nitrogen and oxygen atoms in total. The van der Waals surface area contributed by atoms with Crippen LogP contribution in [0.3, 0.4) is 0 Å². The lowest BCUT2D eigenvalue weighted by Gasteiger charge is -2.06. The number of aromatic nitrogens is 7.